The fourth-order valence-corrected chi connectivity index (χ4v) is 2.16. The van der Waals surface area contributed by atoms with E-state index in [1.807, 2.05) is 0 Å². The highest BCUT2D eigenvalue weighted by molar-refractivity contribution is 7.81. The highest BCUT2D eigenvalue weighted by Gasteiger charge is 2.32. The Balaban J connectivity index is 2.05. The number of rotatable bonds is 2. The molecular weight excluding hydrogens is 265 g/mol. The van der Waals surface area contributed by atoms with Crippen molar-refractivity contribution in [1.82, 2.24) is 9.88 Å². The molecule has 0 radical (unpaired) electrons. The van der Waals surface area contributed by atoms with Crippen molar-refractivity contribution >= 4 is 18.5 Å². The van der Waals surface area contributed by atoms with Gasteiger partial charge in [0.15, 0.2) is 0 Å². The molecule has 98 valence electrons. The number of thiol groups is 1. The van der Waals surface area contributed by atoms with Crippen LogP contribution < -0.4 is 0 Å². The lowest BCUT2D eigenvalue weighted by atomic mass is 10.2. The topological polar surface area (TPSA) is 33.2 Å². The van der Waals surface area contributed by atoms with Gasteiger partial charge in [-0.1, -0.05) is 6.07 Å². The molecule has 0 aliphatic carbocycles. The number of likely N-dealkylation sites (tertiary alicyclic amines) is 1. The summed E-state index contributed by atoms with van der Waals surface area (Å²) in [6.45, 7) is 0.796. The SMILES string of the molecule is O=C1CC(S)CN1Cc1ccc(C(F)(F)F)nc1. The quantitative estimate of drug-likeness (QED) is 0.839. The van der Waals surface area contributed by atoms with Gasteiger partial charge in [0.1, 0.15) is 5.69 Å². The minimum atomic E-state index is -4.43. The van der Waals surface area contributed by atoms with E-state index >= 15 is 0 Å². The van der Waals surface area contributed by atoms with Crippen molar-refractivity contribution in [2.75, 3.05) is 6.54 Å². The molecule has 3 nitrogen and oxygen atoms in total. The van der Waals surface area contributed by atoms with E-state index in [-0.39, 0.29) is 17.7 Å². The molecule has 1 unspecified atom stereocenters. The number of aromatic nitrogens is 1. The zero-order valence-corrected chi connectivity index (χ0v) is 10.2. The van der Waals surface area contributed by atoms with E-state index in [9.17, 15) is 18.0 Å². The Kier molecular flexibility index (Phi) is 3.52. The Hall–Kier alpha value is -1.24. The van der Waals surface area contributed by atoms with E-state index in [1.165, 1.54) is 6.07 Å². The van der Waals surface area contributed by atoms with Gasteiger partial charge in [0.2, 0.25) is 5.91 Å². The number of carbonyl (C=O) groups is 1. The lowest BCUT2D eigenvalue weighted by Gasteiger charge is -2.16. The van der Waals surface area contributed by atoms with Crippen LogP contribution in [0.25, 0.3) is 0 Å². The van der Waals surface area contributed by atoms with Crippen molar-refractivity contribution in [3.05, 3.63) is 29.6 Å². The van der Waals surface area contributed by atoms with E-state index in [2.05, 4.69) is 17.6 Å². The summed E-state index contributed by atoms with van der Waals surface area (Å²) in [6, 6.07) is 2.27. The fourth-order valence-electron chi connectivity index (χ4n) is 1.81. The van der Waals surface area contributed by atoms with Crippen LogP contribution in [0.1, 0.15) is 17.7 Å². The highest BCUT2D eigenvalue weighted by atomic mass is 32.1. The average Bonchev–Trinajstić information content (AvgIpc) is 2.57. The van der Waals surface area contributed by atoms with Crippen molar-refractivity contribution in [3.63, 3.8) is 0 Å². The second kappa shape index (κ2) is 4.79. The van der Waals surface area contributed by atoms with Crippen molar-refractivity contribution in [1.29, 1.82) is 0 Å². The van der Waals surface area contributed by atoms with Crippen LogP contribution in [0.15, 0.2) is 18.3 Å². The Morgan fingerprint density at radius 1 is 1.44 bits per heavy atom. The van der Waals surface area contributed by atoms with Gasteiger partial charge < -0.3 is 4.90 Å². The van der Waals surface area contributed by atoms with Crippen LogP contribution in [-0.4, -0.2) is 27.6 Å². The van der Waals surface area contributed by atoms with E-state index in [4.69, 9.17) is 0 Å². The Bertz CT molecular complexity index is 447. The third-order valence-electron chi connectivity index (χ3n) is 2.68. The van der Waals surface area contributed by atoms with Gasteiger partial charge in [-0.3, -0.25) is 9.78 Å². The van der Waals surface area contributed by atoms with Gasteiger partial charge in [0, 0.05) is 31.0 Å². The normalized spacial score (nSPS) is 20.6. The largest absolute Gasteiger partial charge is 0.433 e. The Labute approximate surface area is 107 Å². The predicted molar refractivity (Wildman–Crippen MR) is 62.0 cm³/mol. The first-order valence-electron chi connectivity index (χ1n) is 5.34. The summed E-state index contributed by atoms with van der Waals surface area (Å²) in [4.78, 5) is 16.4. The van der Waals surface area contributed by atoms with Crippen LogP contribution >= 0.6 is 12.6 Å². The van der Waals surface area contributed by atoms with Crippen LogP contribution in [-0.2, 0) is 17.5 Å². The minimum Gasteiger partial charge on any atom is -0.337 e. The number of hydrogen-bond donors (Lipinski definition) is 1. The second-order valence-corrected chi connectivity index (χ2v) is 4.91. The molecule has 0 aromatic carbocycles. The molecule has 2 heterocycles. The molecule has 7 heteroatoms. The van der Waals surface area contributed by atoms with Crippen molar-refractivity contribution in [3.8, 4) is 0 Å². The van der Waals surface area contributed by atoms with Crippen LogP contribution in [0, 0.1) is 0 Å². The summed E-state index contributed by atoms with van der Waals surface area (Å²) in [5.74, 6) is -0.0325. The summed E-state index contributed by atoms with van der Waals surface area (Å²) < 4.78 is 36.9. The molecular formula is C11H11F3N2OS. The number of nitrogens with zero attached hydrogens (tertiary/aromatic N) is 2. The van der Waals surface area contributed by atoms with Gasteiger partial charge in [-0.2, -0.15) is 25.8 Å². The number of halogens is 3. The molecule has 1 aliphatic heterocycles. The van der Waals surface area contributed by atoms with E-state index < -0.39 is 11.9 Å². The maximum absolute atomic E-state index is 12.3. The van der Waals surface area contributed by atoms with Crippen molar-refractivity contribution in [2.24, 2.45) is 0 Å². The Morgan fingerprint density at radius 3 is 2.61 bits per heavy atom. The number of carbonyl (C=O) groups excluding carboxylic acids is 1. The maximum atomic E-state index is 12.3. The summed E-state index contributed by atoms with van der Waals surface area (Å²) in [6.07, 6.45) is -2.91. The Morgan fingerprint density at radius 2 is 2.17 bits per heavy atom. The number of amides is 1. The summed E-state index contributed by atoms with van der Waals surface area (Å²) in [7, 11) is 0. The van der Waals surface area contributed by atoms with E-state index in [0.29, 0.717) is 18.5 Å². The van der Waals surface area contributed by atoms with E-state index in [0.717, 1.165) is 12.3 Å². The first-order chi connectivity index (χ1) is 8.36. The molecule has 1 atom stereocenters. The molecule has 0 bridgehead atoms. The smallest absolute Gasteiger partial charge is 0.337 e. The summed E-state index contributed by atoms with van der Waals surface area (Å²) >= 11 is 4.20. The first-order valence-corrected chi connectivity index (χ1v) is 5.86. The second-order valence-electron chi connectivity index (χ2n) is 4.18. The molecule has 0 saturated carbocycles. The van der Waals surface area contributed by atoms with Gasteiger partial charge in [-0.25, -0.2) is 0 Å². The predicted octanol–water partition coefficient (Wildman–Crippen LogP) is 2.13. The lowest BCUT2D eigenvalue weighted by molar-refractivity contribution is -0.141. The lowest BCUT2D eigenvalue weighted by Crippen LogP contribution is -2.24. The monoisotopic (exact) mass is 276 g/mol. The van der Waals surface area contributed by atoms with Crippen molar-refractivity contribution < 1.29 is 18.0 Å². The molecule has 1 aromatic heterocycles. The molecule has 1 saturated heterocycles. The first kappa shape index (κ1) is 13.2. The minimum absolute atomic E-state index is 0.0000856. The van der Waals surface area contributed by atoms with E-state index in [1.54, 1.807) is 4.90 Å². The van der Waals surface area contributed by atoms with Crippen LogP contribution in [0.5, 0.6) is 0 Å². The maximum Gasteiger partial charge on any atom is 0.433 e. The van der Waals surface area contributed by atoms with Gasteiger partial charge >= 0.3 is 6.18 Å². The zero-order valence-electron chi connectivity index (χ0n) is 9.31. The summed E-state index contributed by atoms with van der Waals surface area (Å²) in [5.41, 5.74) is -0.343. The molecule has 1 amide bonds. The highest BCUT2D eigenvalue weighted by Crippen LogP contribution is 2.27. The summed E-state index contributed by atoms with van der Waals surface area (Å²) in [5, 5.41) is -0.0000856. The number of hydrogen-bond acceptors (Lipinski definition) is 3. The van der Waals surface area contributed by atoms with Crippen LogP contribution in [0.2, 0.25) is 0 Å². The number of alkyl halides is 3. The van der Waals surface area contributed by atoms with Crippen molar-refractivity contribution in [2.45, 2.75) is 24.4 Å². The van der Waals surface area contributed by atoms with Gasteiger partial charge in [-0.15, -0.1) is 0 Å². The third kappa shape index (κ3) is 2.95. The number of pyridine rings is 1. The molecule has 18 heavy (non-hydrogen) atoms. The molecule has 1 fully saturated rings. The average molecular weight is 276 g/mol. The fraction of sp³-hybridized carbons (Fsp3) is 0.455. The molecule has 0 N–H and O–H groups in total. The molecule has 0 spiro atoms. The standard InChI is InChI=1S/C11H11F3N2OS/c12-11(13,14)9-2-1-7(4-15-9)5-16-6-8(18)3-10(16)17/h1-2,4,8,18H,3,5-6H2. The van der Waals surface area contributed by atoms with Crippen LogP contribution in [0.4, 0.5) is 13.2 Å². The molecule has 1 aliphatic rings. The zero-order chi connectivity index (χ0) is 13.3. The van der Waals surface area contributed by atoms with Gasteiger partial charge in [0.25, 0.3) is 0 Å². The molecule has 1 aromatic rings. The van der Waals surface area contributed by atoms with Gasteiger partial charge in [0.05, 0.1) is 0 Å². The third-order valence-corrected chi connectivity index (χ3v) is 3.03. The van der Waals surface area contributed by atoms with Crippen LogP contribution in [0.3, 0.4) is 0 Å². The van der Waals surface area contributed by atoms with Gasteiger partial charge in [-0.05, 0) is 11.6 Å². The molecule has 2 rings (SSSR count).